The minimum Gasteiger partial charge on any atom is -0.355 e. The monoisotopic (exact) mass is 389 g/mol. The molecular weight excluding hydrogens is 377 g/mol. The summed E-state index contributed by atoms with van der Waals surface area (Å²) in [6.07, 6.45) is 3.07. The average molecular weight is 390 g/mol. The maximum atomic E-state index is 12.7. The third-order valence-corrected chi connectivity index (χ3v) is 4.02. The van der Waals surface area contributed by atoms with Crippen LogP contribution in [0.1, 0.15) is 20.8 Å². The highest BCUT2D eigenvalue weighted by Crippen LogP contribution is 2.30. The molecule has 0 aliphatic rings. The van der Waals surface area contributed by atoms with Crippen molar-refractivity contribution in [2.24, 2.45) is 0 Å². The summed E-state index contributed by atoms with van der Waals surface area (Å²) in [6, 6.07) is 9.67. The molecule has 0 bridgehead atoms. The van der Waals surface area contributed by atoms with Crippen molar-refractivity contribution in [2.75, 3.05) is 12.4 Å². The topological polar surface area (TPSA) is 88.9 Å². The molecule has 1 aromatic carbocycles. The van der Waals surface area contributed by atoms with Crippen LogP contribution in [0.3, 0.4) is 0 Å². The lowest BCUT2D eigenvalue weighted by Gasteiger charge is -2.13. The number of hydrogen-bond donors (Lipinski definition) is 2. The van der Waals surface area contributed by atoms with E-state index in [0.29, 0.717) is 5.82 Å². The highest BCUT2D eigenvalue weighted by Gasteiger charge is 2.20. The number of amides is 2. The van der Waals surface area contributed by atoms with Crippen LogP contribution >= 0.6 is 23.2 Å². The first kappa shape index (κ1) is 17.9. The van der Waals surface area contributed by atoms with Gasteiger partial charge in [0.25, 0.3) is 11.8 Å². The molecule has 9 heteroatoms. The van der Waals surface area contributed by atoms with Crippen LogP contribution in [0, 0.1) is 0 Å². The minimum atomic E-state index is -0.498. The number of halogens is 2. The quantitative estimate of drug-likeness (QED) is 0.716. The summed E-state index contributed by atoms with van der Waals surface area (Å²) >= 11 is 12.1. The number of pyridine rings is 1. The van der Waals surface area contributed by atoms with Gasteiger partial charge in [-0.25, -0.2) is 9.67 Å². The third kappa shape index (κ3) is 3.54. The zero-order valence-corrected chi connectivity index (χ0v) is 15.0. The van der Waals surface area contributed by atoms with Gasteiger partial charge < -0.3 is 10.6 Å². The van der Waals surface area contributed by atoms with Crippen LogP contribution < -0.4 is 10.6 Å². The van der Waals surface area contributed by atoms with E-state index in [0.717, 1.165) is 0 Å². The number of benzene rings is 1. The summed E-state index contributed by atoms with van der Waals surface area (Å²) in [4.78, 5) is 29.0. The Morgan fingerprint density at radius 2 is 1.88 bits per heavy atom. The van der Waals surface area contributed by atoms with Crippen LogP contribution in [0.5, 0.6) is 0 Å². The number of nitrogens with zero attached hydrogens (tertiary/aromatic N) is 3. The van der Waals surface area contributed by atoms with Gasteiger partial charge in [-0.15, -0.1) is 0 Å². The van der Waals surface area contributed by atoms with Crippen LogP contribution in [0.2, 0.25) is 10.0 Å². The molecule has 2 N–H and O–H groups in total. The molecule has 3 aromatic rings. The first-order chi connectivity index (χ1) is 12.5. The molecule has 0 aliphatic heterocycles. The van der Waals surface area contributed by atoms with Crippen LogP contribution in [-0.2, 0) is 0 Å². The van der Waals surface area contributed by atoms with E-state index in [1.54, 1.807) is 24.4 Å². The standard InChI is InChI=1S/C17H13Cl2N5O2/c1-20-16(25)11-8-10(18)9-12(19)15(11)23-17(26)13-5-7-22-24(13)14-4-2-3-6-21-14/h2-9H,1H3,(H,20,25)(H,23,26). The predicted octanol–water partition coefficient (Wildman–Crippen LogP) is 3.19. The van der Waals surface area contributed by atoms with Gasteiger partial charge in [0.15, 0.2) is 5.82 Å². The van der Waals surface area contributed by atoms with E-state index in [1.165, 1.54) is 36.1 Å². The molecule has 2 aromatic heterocycles. The number of nitrogens with one attached hydrogen (secondary N) is 2. The summed E-state index contributed by atoms with van der Waals surface area (Å²) in [5.74, 6) is -0.443. The van der Waals surface area contributed by atoms with Crippen molar-refractivity contribution in [1.82, 2.24) is 20.1 Å². The summed E-state index contributed by atoms with van der Waals surface area (Å²) in [5.41, 5.74) is 0.550. The Balaban J connectivity index is 1.98. The second-order valence-electron chi connectivity index (χ2n) is 5.16. The van der Waals surface area contributed by atoms with Gasteiger partial charge in [0, 0.05) is 18.3 Å². The van der Waals surface area contributed by atoms with Gasteiger partial charge in [-0.05, 0) is 30.3 Å². The molecule has 26 heavy (non-hydrogen) atoms. The maximum Gasteiger partial charge on any atom is 0.274 e. The van der Waals surface area contributed by atoms with Crippen LogP contribution in [-0.4, -0.2) is 33.6 Å². The van der Waals surface area contributed by atoms with Gasteiger partial charge in [-0.1, -0.05) is 29.3 Å². The molecule has 0 atom stereocenters. The van der Waals surface area contributed by atoms with Crippen LogP contribution in [0.25, 0.3) is 5.82 Å². The highest BCUT2D eigenvalue weighted by atomic mass is 35.5. The highest BCUT2D eigenvalue weighted by molar-refractivity contribution is 6.38. The molecular formula is C17H13Cl2N5O2. The predicted molar refractivity (Wildman–Crippen MR) is 99.2 cm³/mol. The molecule has 0 saturated heterocycles. The molecule has 2 amide bonds. The molecule has 0 radical (unpaired) electrons. The summed E-state index contributed by atoms with van der Waals surface area (Å²) < 4.78 is 1.39. The summed E-state index contributed by atoms with van der Waals surface area (Å²) in [5, 5.41) is 9.69. The molecule has 3 rings (SSSR count). The van der Waals surface area contributed by atoms with Crippen molar-refractivity contribution >= 4 is 40.7 Å². The fourth-order valence-electron chi connectivity index (χ4n) is 2.33. The van der Waals surface area contributed by atoms with Crippen molar-refractivity contribution in [1.29, 1.82) is 0 Å². The minimum absolute atomic E-state index is 0.147. The number of rotatable bonds is 4. The maximum absolute atomic E-state index is 12.7. The van der Waals surface area contributed by atoms with Crippen molar-refractivity contribution in [3.05, 3.63) is 70.1 Å². The second-order valence-corrected chi connectivity index (χ2v) is 6.00. The molecule has 7 nitrogen and oxygen atoms in total. The fourth-order valence-corrected chi connectivity index (χ4v) is 2.87. The molecule has 0 saturated carbocycles. The van der Waals surface area contributed by atoms with E-state index in [-0.39, 0.29) is 27.0 Å². The lowest BCUT2D eigenvalue weighted by Crippen LogP contribution is -2.23. The van der Waals surface area contributed by atoms with Crippen LogP contribution in [0.15, 0.2) is 48.8 Å². The Bertz CT molecular complexity index is 973. The van der Waals surface area contributed by atoms with Gasteiger partial charge in [0.1, 0.15) is 5.69 Å². The SMILES string of the molecule is CNC(=O)c1cc(Cl)cc(Cl)c1NC(=O)c1ccnn1-c1ccccn1. The van der Waals surface area contributed by atoms with Gasteiger partial charge in [-0.3, -0.25) is 9.59 Å². The smallest absolute Gasteiger partial charge is 0.274 e. The van der Waals surface area contributed by atoms with Crippen LogP contribution in [0.4, 0.5) is 5.69 Å². The second kappa shape index (κ2) is 7.55. The number of carbonyl (C=O) groups excluding carboxylic acids is 2. The van der Waals surface area contributed by atoms with Crippen molar-refractivity contribution in [3.8, 4) is 5.82 Å². The largest absolute Gasteiger partial charge is 0.355 e. The van der Waals surface area contributed by atoms with Gasteiger partial charge in [0.2, 0.25) is 0 Å². The normalized spacial score (nSPS) is 10.4. The number of hydrogen-bond acceptors (Lipinski definition) is 4. The van der Waals surface area contributed by atoms with E-state index in [1.807, 2.05) is 0 Å². The molecule has 132 valence electrons. The molecule has 0 unspecified atom stereocenters. The van der Waals surface area contributed by atoms with E-state index in [9.17, 15) is 9.59 Å². The number of carbonyl (C=O) groups is 2. The fraction of sp³-hybridized carbons (Fsp3) is 0.0588. The van der Waals surface area contributed by atoms with Crippen molar-refractivity contribution in [3.63, 3.8) is 0 Å². The van der Waals surface area contributed by atoms with Crippen molar-refractivity contribution in [2.45, 2.75) is 0 Å². The average Bonchev–Trinajstić information content (AvgIpc) is 3.13. The van der Waals surface area contributed by atoms with E-state index >= 15 is 0 Å². The molecule has 0 fully saturated rings. The van der Waals surface area contributed by atoms with Gasteiger partial charge >= 0.3 is 0 Å². The van der Waals surface area contributed by atoms with Gasteiger partial charge in [-0.2, -0.15) is 5.10 Å². The molecule has 2 heterocycles. The van der Waals surface area contributed by atoms with Gasteiger partial charge in [0.05, 0.1) is 22.5 Å². The Morgan fingerprint density at radius 3 is 2.58 bits per heavy atom. The lowest BCUT2D eigenvalue weighted by atomic mass is 10.1. The molecule has 0 spiro atoms. The first-order valence-corrected chi connectivity index (χ1v) is 8.24. The Morgan fingerprint density at radius 1 is 1.08 bits per heavy atom. The molecule has 0 aliphatic carbocycles. The number of aromatic nitrogens is 3. The number of anilines is 1. The Labute approximate surface area is 158 Å². The Kier molecular flexibility index (Phi) is 5.20. The summed E-state index contributed by atoms with van der Waals surface area (Å²) in [6.45, 7) is 0. The Hall–Kier alpha value is -2.90. The zero-order chi connectivity index (χ0) is 18.7. The van der Waals surface area contributed by atoms with Crippen molar-refractivity contribution < 1.29 is 9.59 Å². The summed E-state index contributed by atoms with van der Waals surface area (Å²) in [7, 11) is 1.47. The lowest BCUT2D eigenvalue weighted by molar-refractivity contribution is 0.0964. The van der Waals surface area contributed by atoms with E-state index in [2.05, 4.69) is 20.7 Å². The first-order valence-electron chi connectivity index (χ1n) is 7.49. The van der Waals surface area contributed by atoms with E-state index in [4.69, 9.17) is 23.2 Å². The van der Waals surface area contributed by atoms with E-state index < -0.39 is 11.8 Å². The third-order valence-electron chi connectivity index (χ3n) is 3.51. The zero-order valence-electron chi connectivity index (χ0n) is 13.5.